The molecule has 0 heterocycles. The van der Waals surface area contributed by atoms with Gasteiger partial charge >= 0.3 is 5.97 Å². The molecule has 1 amide bonds. The van der Waals surface area contributed by atoms with Crippen LogP contribution in [-0.2, 0) is 14.3 Å². The summed E-state index contributed by atoms with van der Waals surface area (Å²) in [6.45, 7) is 6.09. The van der Waals surface area contributed by atoms with E-state index in [4.69, 9.17) is 16.2 Å². The third-order valence-corrected chi connectivity index (χ3v) is 8.88. The number of nitrogens with zero attached hydrogens (tertiary/aromatic N) is 1. The number of guanidine groups is 1. The molecule has 0 radical (unpaired) electrons. The Hall–Kier alpha value is -1.50. The van der Waals surface area contributed by atoms with Crippen LogP contribution in [0.2, 0.25) is 0 Å². The number of unbranched alkanes of at least 4 members (excludes halogenated alkanes) is 24. The van der Waals surface area contributed by atoms with Crippen molar-refractivity contribution in [3.63, 3.8) is 0 Å². The van der Waals surface area contributed by atoms with E-state index in [2.05, 4.69) is 24.2 Å². The highest BCUT2D eigenvalue weighted by Gasteiger charge is 2.22. The Labute approximate surface area is 291 Å². The molecule has 0 saturated carbocycles. The Bertz CT molecular complexity index is 689. The zero-order valence-corrected chi connectivity index (χ0v) is 31.3. The summed E-state index contributed by atoms with van der Waals surface area (Å²) in [4.78, 5) is 29.5. The van der Waals surface area contributed by atoms with Gasteiger partial charge in [0.2, 0.25) is 5.91 Å². The molecule has 0 spiro atoms. The Morgan fingerprint density at radius 1 is 0.587 bits per heavy atom. The van der Waals surface area contributed by atoms with Crippen molar-refractivity contribution in [1.29, 1.82) is 0 Å². The molecule has 0 rings (SSSR count). The van der Waals surface area contributed by atoms with Crippen molar-refractivity contribution in [1.82, 2.24) is 5.32 Å². The van der Waals surface area contributed by atoms with Crippen LogP contribution in [0.4, 0.5) is 0 Å². The topological polar surface area (TPSA) is 120 Å². The highest BCUT2D eigenvalue weighted by atomic mass is 35.5. The fourth-order valence-corrected chi connectivity index (χ4v) is 5.94. The van der Waals surface area contributed by atoms with Gasteiger partial charge in [-0.15, -0.1) is 12.4 Å². The first-order valence-corrected chi connectivity index (χ1v) is 19.5. The SMILES string of the molecule is CCCCCCCCCCCCCCCCCCOC(=O)C[C@@H](CCCN=C(N)N)C(=O)NCCCCCCCCCCCC.Cl. The molecule has 0 aliphatic rings. The Kier molecular flexibility index (Phi) is 38.5. The van der Waals surface area contributed by atoms with Gasteiger partial charge < -0.3 is 21.5 Å². The van der Waals surface area contributed by atoms with Gasteiger partial charge in [0.25, 0.3) is 0 Å². The van der Waals surface area contributed by atoms with Gasteiger partial charge in [0.1, 0.15) is 0 Å². The summed E-state index contributed by atoms with van der Waals surface area (Å²) in [6.07, 6.45) is 35.0. The molecule has 5 N–H and O–H groups in total. The molecular formula is C38H77ClN4O3. The van der Waals surface area contributed by atoms with Crippen molar-refractivity contribution < 1.29 is 14.3 Å². The number of hydrogen-bond acceptors (Lipinski definition) is 4. The first kappa shape index (κ1) is 46.6. The molecule has 0 aliphatic carbocycles. The van der Waals surface area contributed by atoms with Crippen LogP contribution in [-0.4, -0.2) is 37.5 Å². The molecule has 46 heavy (non-hydrogen) atoms. The average molecular weight is 674 g/mol. The Balaban J connectivity index is 0. The van der Waals surface area contributed by atoms with Crippen molar-refractivity contribution >= 4 is 30.2 Å². The van der Waals surface area contributed by atoms with Crippen LogP contribution in [0.15, 0.2) is 4.99 Å². The number of nitrogens with one attached hydrogen (secondary N) is 1. The van der Waals surface area contributed by atoms with Crippen LogP contribution < -0.4 is 16.8 Å². The van der Waals surface area contributed by atoms with Gasteiger partial charge in [-0.2, -0.15) is 0 Å². The molecule has 0 saturated heterocycles. The normalized spacial score (nSPS) is 11.5. The predicted molar refractivity (Wildman–Crippen MR) is 201 cm³/mol. The molecule has 7 nitrogen and oxygen atoms in total. The lowest BCUT2D eigenvalue weighted by Gasteiger charge is -2.16. The van der Waals surface area contributed by atoms with E-state index in [0.29, 0.717) is 32.5 Å². The number of carbonyl (C=O) groups excluding carboxylic acids is 2. The van der Waals surface area contributed by atoms with Crippen molar-refractivity contribution in [2.24, 2.45) is 22.4 Å². The monoisotopic (exact) mass is 673 g/mol. The van der Waals surface area contributed by atoms with Gasteiger partial charge in [-0.3, -0.25) is 14.6 Å². The maximum Gasteiger partial charge on any atom is 0.306 e. The zero-order chi connectivity index (χ0) is 33.1. The molecule has 0 fully saturated rings. The molecule has 1 atom stereocenters. The summed E-state index contributed by atoms with van der Waals surface area (Å²) in [5.41, 5.74) is 10.9. The summed E-state index contributed by atoms with van der Waals surface area (Å²) < 4.78 is 5.51. The molecule has 0 unspecified atom stereocenters. The van der Waals surface area contributed by atoms with Gasteiger partial charge in [0.15, 0.2) is 5.96 Å². The summed E-state index contributed by atoms with van der Waals surface area (Å²) in [5, 5.41) is 3.06. The number of aliphatic imine (C=N–C) groups is 1. The van der Waals surface area contributed by atoms with Gasteiger partial charge in [0, 0.05) is 19.0 Å². The second-order valence-electron chi connectivity index (χ2n) is 13.3. The van der Waals surface area contributed by atoms with Gasteiger partial charge in [0.05, 0.1) is 13.0 Å². The molecule has 0 bridgehead atoms. The van der Waals surface area contributed by atoms with Gasteiger partial charge in [-0.25, -0.2) is 0 Å². The van der Waals surface area contributed by atoms with Crippen molar-refractivity contribution in [3.05, 3.63) is 0 Å². The van der Waals surface area contributed by atoms with Gasteiger partial charge in [-0.05, 0) is 25.7 Å². The average Bonchev–Trinajstić information content (AvgIpc) is 3.02. The molecule has 0 aromatic carbocycles. The molecule has 0 aromatic rings. The zero-order valence-electron chi connectivity index (χ0n) is 30.4. The lowest BCUT2D eigenvalue weighted by atomic mass is 9.98. The number of amides is 1. The minimum atomic E-state index is -0.402. The quantitative estimate of drug-likeness (QED) is 0.0268. The smallest absolute Gasteiger partial charge is 0.306 e. The van der Waals surface area contributed by atoms with Crippen LogP contribution in [0.3, 0.4) is 0 Å². The molecular weight excluding hydrogens is 596 g/mol. The summed E-state index contributed by atoms with van der Waals surface area (Å²) in [7, 11) is 0. The van der Waals surface area contributed by atoms with E-state index in [0.717, 1.165) is 25.7 Å². The first-order valence-electron chi connectivity index (χ1n) is 19.5. The minimum absolute atomic E-state index is 0. The number of rotatable bonds is 35. The molecule has 0 aromatic heterocycles. The fraction of sp³-hybridized carbons (Fsp3) is 0.921. The maximum atomic E-state index is 12.9. The Morgan fingerprint density at radius 3 is 1.39 bits per heavy atom. The highest BCUT2D eigenvalue weighted by Crippen LogP contribution is 2.16. The number of hydrogen-bond donors (Lipinski definition) is 3. The van der Waals surface area contributed by atoms with E-state index in [1.165, 1.54) is 141 Å². The lowest BCUT2D eigenvalue weighted by molar-refractivity contribution is -0.147. The fourth-order valence-electron chi connectivity index (χ4n) is 5.94. The largest absolute Gasteiger partial charge is 0.466 e. The standard InChI is InChI=1S/C38H76N4O3.ClH/c1-3-5-7-9-11-13-15-16-17-18-19-20-22-24-26-28-33-45-36(43)34-35(30-29-32-42-38(39)40)37(44)41-31-27-25-23-21-14-12-10-8-6-4-2;/h35H,3-34H2,1-2H3,(H,41,44)(H4,39,40,42);1H/t35-;/m1./s1. The van der Waals surface area contributed by atoms with Crippen molar-refractivity contribution in [3.8, 4) is 0 Å². The van der Waals surface area contributed by atoms with Crippen LogP contribution in [0.5, 0.6) is 0 Å². The van der Waals surface area contributed by atoms with Crippen LogP contribution >= 0.6 is 12.4 Å². The first-order chi connectivity index (χ1) is 22.0. The Morgan fingerprint density at radius 2 is 0.978 bits per heavy atom. The summed E-state index contributed by atoms with van der Waals surface area (Å²) in [5.74, 6) is -0.692. The number of halogens is 1. The summed E-state index contributed by atoms with van der Waals surface area (Å²) >= 11 is 0. The third-order valence-electron chi connectivity index (χ3n) is 8.88. The lowest BCUT2D eigenvalue weighted by Crippen LogP contribution is -2.33. The van der Waals surface area contributed by atoms with Crippen molar-refractivity contribution in [2.45, 2.75) is 200 Å². The van der Waals surface area contributed by atoms with E-state index in [1.807, 2.05) is 0 Å². The second kappa shape index (κ2) is 38.0. The van der Waals surface area contributed by atoms with E-state index in [9.17, 15) is 9.59 Å². The number of nitrogens with two attached hydrogens (primary N) is 2. The third kappa shape index (κ3) is 35.4. The minimum Gasteiger partial charge on any atom is -0.466 e. The van der Waals surface area contributed by atoms with Crippen molar-refractivity contribution in [2.75, 3.05) is 19.7 Å². The molecule has 274 valence electrons. The maximum absolute atomic E-state index is 12.9. The summed E-state index contributed by atoms with van der Waals surface area (Å²) in [6, 6.07) is 0. The second-order valence-corrected chi connectivity index (χ2v) is 13.3. The van der Waals surface area contributed by atoms with Crippen LogP contribution in [0.1, 0.15) is 200 Å². The van der Waals surface area contributed by atoms with E-state index >= 15 is 0 Å². The molecule has 0 aliphatic heterocycles. The van der Waals surface area contributed by atoms with E-state index in [-0.39, 0.29) is 36.7 Å². The predicted octanol–water partition coefficient (Wildman–Crippen LogP) is 10.3. The van der Waals surface area contributed by atoms with Crippen LogP contribution in [0, 0.1) is 5.92 Å². The highest BCUT2D eigenvalue weighted by molar-refractivity contribution is 5.85. The van der Waals surface area contributed by atoms with E-state index < -0.39 is 5.92 Å². The molecule has 8 heteroatoms. The number of carbonyl (C=O) groups is 2. The van der Waals surface area contributed by atoms with Crippen LogP contribution in [0.25, 0.3) is 0 Å². The number of ether oxygens (including phenoxy) is 1. The van der Waals surface area contributed by atoms with E-state index in [1.54, 1.807) is 0 Å². The van der Waals surface area contributed by atoms with Gasteiger partial charge in [-0.1, -0.05) is 168 Å². The number of esters is 1.